The number of carbonyl (C=O) groups is 1. The van der Waals surface area contributed by atoms with Crippen molar-refractivity contribution in [3.8, 4) is 5.75 Å². The van der Waals surface area contributed by atoms with Gasteiger partial charge in [0, 0.05) is 25.2 Å². The smallest absolute Gasteiger partial charge is 0.387 e. The average Bonchev–Trinajstić information content (AvgIpc) is 2.52. The predicted molar refractivity (Wildman–Crippen MR) is 91.1 cm³/mol. The van der Waals surface area contributed by atoms with Crippen LogP contribution in [0.25, 0.3) is 0 Å². The van der Waals surface area contributed by atoms with E-state index < -0.39 is 12.5 Å². The number of amides is 1. The first-order valence-electron chi connectivity index (χ1n) is 8.41. The van der Waals surface area contributed by atoms with E-state index in [0.29, 0.717) is 6.54 Å². The first-order valence-corrected chi connectivity index (χ1v) is 8.41. The Kier molecular flexibility index (Phi) is 6.35. The molecule has 1 fully saturated rings. The molecule has 0 aromatic heterocycles. The van der Waals surface area contributed by atoms with Crippen LogP contribution >= 0.6 is 0 Å². The zero-order chi connectivity index (χ0) is 18.6. The van der Waals surface area contributed by atoms with E-state index in [4.69, 9.17) is 4.74 Å². The second kappa shape index (κ2) is 8.10. The zero-order valence-corrected chi connectivity index (χ0v) is 15.1. The van der Waals surface area contributed by atoms with Gasteiger partial charge in [-0.05, 0) is 39.8 Å². The third-order valence-electron chi connectivity index (χ3n) is 4.30. The minimum atomic E-state index is -2.97. The molecule has 2 rings (SSSR count). The van der Waals surface area contributed by atoms with Gasteiger partial charge in [0.05, 0.1) is 17.8 Å². The van der Waals surface area contributed by atoms with Crippen LogP contribution in [0.4, 0.5) is 8.78 Å². The molecule has 140 valence electrons. The number of nitrogens with zero attached hydrogens (tertiary/aromatic N) is 1. The van der Waals surface area contributed by atoms with Gasteiger partial charge in [-0.1, -0.05) is 12.1 Å². The van der Waals surface area contributed by atoms with Gasteiger partial charge in [0.1, 0.15) is 5.75 Å². The van der Waals surface area contributed by atoms with E-state index >= 15 is 0 Å². The first-order chi connectivity index (χ1) is 11.7. The Bertz CT molecular complexity index is 585. The van der Waals surface area contributed by atoms with Crippen LogP contribution in [-0.2, 0) is 4.74 Å². The number of halogens is 2. The summed E-state index contributed by atoms with van der Waals surface area (Å²) in [7, 11) is 0. The van der Waals surface area contributed by atoms with Crippen LogP contribution in [0.1, 0.15) is 38.1 Å². The van der Waals surface area contributed by atoms with Crippen LogP contribution in [0.15, 0.2) is 24.3 Å². The molecule has 1 aliphatic heterocycles. The summed E-state index contributed by atoms with van der Waals surface area (Å²) in [4.78, 5) is 14.7. The van der Waals surface area contributed by atoms with E-state index in [1.807, 2.05) is 27.7 Å². The van der Waals surface area contributed by atoms with Crippen molar-refractivity contribution in [3.63, 3.8) is 0 Å². The molecule has 25 heavy (non-hydrogen) atoms. The second-order valence-corrected chi connectivity index (χ2v) is 7.03. The molecule has 0 saturated carbocycles. The highest BCUT2D eigenvalue weighted by atomic mass is 19.3. The van der Waals surface area contributed by atoms with Crippen LogP contribution in [-0.4, -0.2) is 54.8 Å². The molecule has 0 spiro atoms. The van der Waals surface area contributed by atoms with E-state index in [2.05, 4.69) is 15.0 Å². The number of benzene rings is 1. The number of hydrogen-bond acceptors (Lipinski definition) is 4. The SMILES string of the molecule is C[C@@H]1CN(C(C)(C)CNC(=O)c2ccccc2OC(F)F)C[C@@H](C)O1. The third kappa shape index (κ3) is 5.37. The highest BCUT2D eigenvalue weighted by molar-refractivity contribution is 5.96. The van der Waals surface area contributed by atoms with Gasteiger partial charge in [-0.25, -0.2) is 0 Å². The van der Waals surface area contributed by atoms with E-state index in [-0.39, 0.29) is 29.1 Å². The lowest BCUT2D eigenvalue weighted by Gasteiger charge is -2.45. The summed E-state index contributed by atoms with van der Waals surface area (Å²) in [6.45, 7) is 7.09. The van der Waals surface area contributed by atoms with Crippen molar-refractivity contribution in [1.29, 1.82) is 0 Å². The third-order valence-corrected chi connectivity index (χ3v) is 4.30. The standard InChI is InChI=1S/C18H26F2N2O3/c1-12-9-22(10-13(2)24-12)18(3,4)11-21-16(23)14-7-5-6-8-15(14)25-17(19)20/h5-8,12-13,17H,9-11H2,1-4H3,(H,21,23)/t12-,13-/m1/s1. The lowest BCUT2D eigenvalue weighted by molar-refractivity contribution is -0.0948. The van der Waals surface area contributed by atoms with E-state index in [1.165, 1.54) is 12.1 Å². The molecule has 1 heterocycles. The maximum atomic E-state index is 12.5. The van der Waals surface area contributed by atoms with Crippen molar-refractivity contribution in [3.05, 3.63) is 29.8 Å². The summed E-state index contributed by atoms with van der Waals surface area (Å²) in [6.07, 6.45) is 0.248. The molecule has 0 bridgehead atoms. The number of ether oxygens (including phenoxy) is 2. The molecule has 1 aliphatic rings. The molecule has 5 nitrogen and oxygen atoms in total. The van der Waals surface area contributed by atoms with E-state index in [1.54, 1.807) is 12.1 Å². The molecule has 1 aromatic rings. The van der Waals surface area contributed by atoms with Gasteiger partial charge in [0.2, 0.25) is 0 Å². The molecule has 1 saturated heterocycles. The fourth-order valence-electron chi connectivity index (χ4n) is 3.03. The van der Waals surface area contributed by atoms with E-state index in [0.717, 1.165) is 13.1 Å². The Labute approximate surface area is 147 Å². The van der Waals surface area contributed by atoms with Gasteiger partial charge in [0.25, 0.3) is 5.91 Å². The topological polar surface area (TPSA) is 50.8 Å². The minimum Gasteiger partial charge on any atom is -0.434 e. The highest BCUT2D eigenvalue weighted by Crippen LogP contribution is 2.22. The lowest BCUT2D eigenvalue weighted by Crippen LogP contribution is -2.58. The number of alkyl halides is 2. The highest BCUT2D eigenvalue weighted by Gasteiger charge is 2.33. The summed E-state index contributed by atoms with van der Waals surface area (Å²) in [5.74, 6) is -0.555. The normalized spacial score (nSPS) is 22.0. The van der Waals surface area contributed by atoms with Crippen molar-refractivity contribution in [2.75, 3.05) is 19.6 Å². The molecule has 1 N–H and O–H groups in total. The monoisotopic (exact) mass is 356 g/mol. The average molecular weight is 356 g/mol. The molecule has 7 heteroatoms. The Morgan fingerprint density at radius 1 is 1.32 bits per heavy atom. The number of para-hydroxylation sites is 1. The molecule has 1 aromatic carbocycles. The Morgan fingerprint density at radius 2 is 1.92 bits per heavy atom. The van der Waals surface area contributed by atoms with Gasteiger partial charge in [0.15, 0.2) is 0 Å². The molecule has 0 radical (unpaired) electrons. The fourth-order valence-corrected chi connectivity index (χ4v) is 3.03. The zero-order valence-electron chi connectivity index (χ0n) is 15.1. The molecular formula is C18H26F2N2O3. The Balaban J connectivity index is 2.01. The summed E-state index contributed by atoms with van der Waals surface area (Å²) in [6, 6.07) is 6.00. The summed E-state index contributed by atoms with van der Waals surface area (Å²) in [5, 5.41) is 2.83. The van der Waals surface area contributed by atoms with Crippen LogP contribution in [0, 0.1) is 0 Å². The number of nitrogens with one attached hydrogen (secondary N) is 1. The maximum Gasteiger partial charge on any atom is 0.387 e. The number of morpholine rings is 1. The van der Waals surface area contributed by atoms with Crippen LogP contribution in [0.3, 0.4) is 0 Å². The van der Waals surface area contributed by atoms with E-state index in [9.17, 15) is 13.6 Å². The Hall–Kier alpha value is -1.73. The number of carbonyl (C=O) groups excluding carboxylic acids is 1. The molecule has 0 unspecified atom stereocenters. The minimum absolute atomic E-state index is 0.0994. The largest absolute Gasteiger partial charge is 0.434 e. The van der Waals surface area contributed by atoms with Crippen LogP contribution in [0.5, 0.6) is 5.75 Å². The second-order valence-electron chi connectivity index (χ2n) is 7.03. The molecule has 1 amide bonds. The van der Waals surface area contributed by atoms with Gasteiger partial charge in [-0.3, -0.25) is 9.69 Å². The maximum absolute atomic E-state index is 12.5. The van der Waals surface area contributed by atoms with Crippen molar-refractivity contribution >= 4 is 5.91 Å². The van der Waals surface area contributed by atoms with Crippen molar-refractivity contribution in [1.82, 2.24) is 10.2 Å². The molecular weight excluding hydrogens is 330 g/mol. The summed E-state index contributed by atoms with van der Waals surface area (Å²) < 4.78 is 35.1. The lowest BCUT2D eigenvalue weighted by atomic mass is 10.00. The van der Waals surface area contributed by atoms with Crippen LogP contribution in [0.2, 0.25) is 0 Å². The number of rotatable bonds is 6. The Morgan fingerprint density at radius 3 is 2.52 bits per heavy atom. The van der Waals surface area contributed by atoms with Gasteiger partial charge in [-0.2, -0.15) is 8.78 Å². The number of hydrogen-bond donors (Lipinski definition) is 1. The van der Waals surface area contributed by atoms with Crippen molar-refractivity contribution in [2.24, 2.45) is 0 Å². The quantitative estimate of drug-likeness (QED) is 0.852. The summed E-state index contributed by atoms with van der Waals surface area (Å²) in [5.41, 5.74) is -0.192. The summed E-state index contributed by atoms with van der Waals surface area (Å²) >= 11 is 0. The van der Waals surface area contributed by atoms with Crippen molar-refractivity contribution in [2.45, 2.75) is 52.1 Å². The molecule has 2 atom stereocenters. The first kappa shape index (κ1) is 19.6. The van der Waals surface area contributed by atoms with Crippen molar-refractivity contribution < 1.29 is 23.0 Å². The fraction of sp³-hybridized carbons (Fsp3) is 0.611. The molecule has 0 aliphatic carbocycles. The van der Waals surface area contributed by atoms with Gasteiger partial charge >= 0.3 is 6.61 Å². The predicted octanol–water partition coefficient (Wildman–Crippen LogP) is 2.91. The van der Waals surface area contributed by atoms with Gasteiger partial charge in [-0.15, -0.1) is 0 Å². The van der Waals surface area contributed by atoms with Gasteiger partial charge < -0.3 is 14.8 Å². The van der Waals surface area contributed by atoms with Crippen LogP contribution < -0.4 is 10.1 Å².